The van der Waals surface area contributed by atoms with Crippen molar-refractivity contribution in [1.82, 2.24) is 4.57 Å². The molecule has 0 bridgehead atoms. The Morgan fingerprint density at radius 3 is 2.54 bits per heavy atom. The Morgan fingerprint density at radius 1 is 1.18 bits per heavy atom. The van der Waals surface area contributed by atoms with Crippen LogP contribution in [0.15, 0.2) is 51.7 Å². The molecule has 1 aromatic heterocycles. The van der Waals surface area contributed by atoms with E-state index < -0.39 is 17.8 Å². The van der Waals surface area contributed by atoms with Gasteiger partial charge in [-0.3, -0.25) is 9.36 Å². The predicted octanol–water partition coefficient (Wildman–Crippen LogP) is 2.98. The van der Waals surface area contributed by atoms with Crippen LogP contribution in [0, 0.1) is 0 Å². The number of carbonyl (C=O) groups is 2. The molecule has 0 saturated heterocycles. The lowest BCUT2D eigenvalue weighted by atomic mass is 10.2. The van der Waals surface area contributed by atoms with Crippen molar-refractivity contribution >= 4 is 28.7 Å². The molecule has 0 spiro atoms. The van der Waals surface area contributed by atoms with E-state index in [-0.39, 0.29) is 17.1 Å². The van der Waals surface area contributed by atoms with Crippen LogP contribution in [0.1, 0.15) is 30.2 Å². The molecule has 1 N–H and O–H groups in total. The first-order valence-corrected chi connectivity index (χ1v) is 8.71. The average molecular weight is 384 g/mol. The number of nitrogens with zero attached hydrogens (tertiary/aromatic N) is 1. The summed E-state index contributed by atoms with van der Waals surface area (Å²) >= 11 is 0. The van der Waals surface area contributed by atoms with E-state index in [4.69, 9.17) is 9.15 Å². The molecule has 8 heteroatoms. The van der Waals surface area contributed by atoms with Crippen LogP contribution in [0.5, 0.6) is 5.75 Å². The maximum atomic E-state index is 12.6. The SMILES string of the molecule is CCOc1ccc(NC(=O)C(C)n2c(=O)oc3cc(C(=O)OC)ccc32)cc1. The maximum Gasteiger partial charge on any atom is 0.420 e. The standard InChI is InChI=1S/C20H20N2O6/c1-4-27-15-8-6-14(7-9-15)21-18(23)12(2)22-16-10-5-13(19(24)26-3)11-17(16)28-20(22)25/h5-12H,4H2,1-3H3,(H,21,23). The third-order valence-corrected chi connectivity index (χ3v) is 4.23. The highest BCUT2D eigenvalue weighted by molar-refractivity contribution is 5.96. The number of hydrogen-bond donors (Lipinski definition) is 1. The largest absolute Gasteiger partial charge is 0.494 e. The van der Waals surface area contributed by atoms with E-state index in [1.54, 1.807) is 37.3 Å². The fraction of sp³-hybridized carbons (Fsp3) is 0.250. The zero-order valence-electron chi connectivity index (χ0n) is 15.7. The average Bonchev–Trinajstić information content (AvgIpc) is 3.03. The van der Waals surface area contributed by atoms with Crippen molar-refractivity contribution < 1.29 is 23.5 Å². The Hall–Kier alpha value is -3.55. The number of oxazole rings is 1. The van der Waals surface area contributed by atoms with Crippen LogP contribution in [-0.4, -0.2) is 30.2 Å². The number of carbonyl (C=O) groups excluding carboxylic acids is 2. The molecule has 1 amide bonds. The number of anilines is 1. The van der Waals surface area contributed by atoms with Gasteiger partial charge in [0.25, 0.3) is 0 Å². The second-order valence-electron chi connectivity index (χ2n) is 6.03. The second kappa shape index (κ2) is 7.99. The van der Waals surface area contributed by atoms with Crippen molar-refractivity contribution in [2.24, 2.45) is 0 Å². The summed E-state index contributed by atoms with van der Waals surface area (Å²) in [4.78, 5) is 36.5. The quantitative estimate of drug-likeness (QED) is 0.656. The van der Waals surface area contributed by atoms with Crippen molar-refractivity contribution in [1.29, 1.82) is 0 Å². The molecule has 0 fully saturated rings. The van der Waals surface area contributed by atoms with E-state index in [9.17, 15) is 14.4 Å². The highest BCUT2D eigenvalue weighted by atomic mass is 16.5. The van der Waals surface area contributed by atoms with Crippen molar-refractivity contribution in [2.75, 3.05) is 19.0 Å². The molecule has 8 nitrogen and oxygen atoms in total. The van der Waals surface area contributed by atoms with Crippen molar-refractivity contribution in [3.05, 3.63) is 58.6 Å². The van der Waals surface area contributed by atoms with Gasteiger partial charge in [0, 0.05) is 5.69 Å². The predicted molar refractivity (Wildman–Crippen MR) is 103 cm³/mol. The molecule has 0 radical (unpaired) electrons. The molecule has 28 heavy (non-hydrogen) atoms. The number of nitrogens with one attached hydrogen (secondary N) is 1. The molecule has 0 aliphatic rings. The second-order valence-corrected chi connectivity index (χ2v) is 6.03. The van der Waals surface area contributed by atoms with Gasteiger partial charge in [-0.25, -0.2) is 9.59 Å². The fourth-order valence-corrected chi connectivity index (χ4v) is 2.81. The molecule has 0 saturated carbocycles. The Bertz CT molecular complexity index is 1060. The fourth-order valence-electron chi connectivity index (χ4n) is 2.81. The molecule has 0 aliphatic heterocycles. The van der Waals surface area contributed by atoms with Crippen LogP contribution in [0.4, 0.5) is 5.69 Å². The highest BCUT2D eigenvalue weighted by Crippen LogP contribution is 2.21. The van der Waals surface area contributed by atoms with Crippen LogP contribution < -0.4 is 15.8 Å². The molecule has 1 atom stereocenters. The number of amides is 1. The van der Waals surface area contributed by atoms with Gasteiger partial charge >= 0.3 is 11.7 Å². The molecule has 1 unspecified atom stereocenters. The van der Waals surface area contributed by atoms with E-state index in [1.165, 1.54) is 23.8 Å². The molecule has 1 heterocycles. The Morgan fingerprint density at radius 2 is 1.89 bits per heavy atom. The highest BCUT2D eigenvalue weighted by Gasteiger charge is 2.22. The molecule has 0 aliphatic carbocycles. The number of aromatic nitrogens is 1. The van der Waals surface area contributed by atoms with Gasteiger partial charge in [-0.1, -0.05) is 0 Å². The van der Waals surface area contributed by atoms with Gasteiger partial charge in [0.2, 0.25) is 5.91 Å². The lowest BCUT2D eigenvalue weighted by molar-refractivity contribution is -0.118. The Kier molecular flexibility index (Phi) is 5.49. The van der Waals surface area contributed by atoms with E-state index >= 15 is 0 Å². The summed E-state index contributed by atoms with van der Waals surface area (Å²) < 4.78 is 16.5. The summed E-state index contributed by atoms with van der Waals surface area (Å²) in [6.45, 7) is 4.03. The minimum absolute atomic E-state index is 0.202. The zero-order chi connectivity index (χ0) is 20.3. The monoisotopic (exact) mass is 384 g/mol. The van der Waals surface area contributed by atoms with Gasteiger partial charge in [0.15, 0.2) is 5.58 Å². The van der Waals surface area contributed by atoms with Crippen LogP contribution in [-0.2, 0) is 9.53 Å². The summed E-state index contributed by atoms with van der Waals surface area (Å²) in [5, 5.41) is 2.76. The first-order valence-electron chi connectivity index (χ1n) is 8.71. The van der Waals surface area contributed by atoms with Gasteiger partial charge in [0.05, 0.1) is 24.8 Å². The summed E-state index contributed by atoms with van der Waals surface area (Å²) in [5.74, 6) is -0.914. The molecule has 3 rings (SSSR count). The summed E-state index contributed by atoms with van der Waals surface area (Å²) in [6.07, 6.45) is 0. The number of ether oxygens (including phenoxy) is 2. The number of hydrogen-bond acceptors (Lipinski definition) is 6. The zero-order valence-corrected chi connectivity index (χ0v) is 15.7. The van der Waals surface area contributed by atoms with Crippen LogP contribution in [0.2, 0.25) is 0 Å². The topological polar surface area (TPSA) is 99.8 Å². The minimum atomic E-state index is -0.829. The maximum absolute atomic E-state index is 12.6. The Labute approximate surface area is 160 Å². The van der Waals surface area contributed by atoms with Gasteiger partial charge < -0.3 is 19.2 Å². The molecular formula is C20H20N2O6. The van der Waals surface area contributed by atoms with E-state index in [0.29, 0.717) is 23.6 Å². The van der Waals surface area contributed by atoms with E-state index in [0.717, 1.165) is 0 Å². The van der Waals surface area contributed by atoms with Gasteiger partial charge in [-0.05, 0) is 56.3 Å². The smallest absolute Gasteiger partial charge is 0.420 e. The van der Waals surface area contributed by atoms with Crippen LogP contribution in [0.25, 0.3) is 11.1 Å². The molecule has 146 valence electrons. The number of methoxy groups -OCH3 is 1. The van der Waals surface area contributed by atoms with Gasteiger partial charge in [-0.15, -0.1) is 0 Å². The number of fused-ring (bicyclic) bond motifs is 1. The van der Waals surface area contributed by atoms with Crippen LogP contribution in [0.3, 0.4) is 0 Å². The van der Waals surface area contributed by atoms with Gasteiger partial charge in [-0.2, -0.15) is 0 Å². The lowest BCUT2D eigenvalue weighted by Crippen LogP contribution is -2.29. The van der Waals surface area contributed by atoms with Crippen molar-refractivity contribution in [3.63, 3.8) is 0 Å². The third kappa shape index (κ3) is 3.75. The molecule has 3 aromatic rings. The molecular weight excluding hydrogens is 364 g/mol. The number of rotatable bonds is 6. The van der Waals surface area contributed by atoms with E-state index in [1.807, 2.05) is 6.92 Å². The number of benzene rings is 2. The summed E-state index contributed by atoms with van der Waals surface area (Å²) in [6, 6.07) is 10.6. The van der Waals surface area contributed by atoms with Gasteiger partial charge in [0.1, 0.15) is 11.8 Å². The van der Waals surface area contributed by atoms with Crippen LogP contribution >= 0.6 is 0 Å². The first-order chi connectivity index (χ1) is 13.4. The van der Waals surface area contributed by atoms with E-state index in [2.05, 4.69) is 10.1 Å². The normalized spacial score (nSPS) is 11.8. The first kappa shape index (κ1) is 19.2. The summed E-state index contributed by atoms with van der Waals surface area (Å²) in [5.41, 5.74) is 1.44. The Balaban J connectivity index is 1.84. The number of esters is 1. The molecule has 2 aromatic carbocycles. The van der Waals surface area contributed by atoms with Crippen molar-refractivity contribution in [3.8, 4) is 5.75 Å². The van der Waals surface area contributed by atoms with Crippen molar-refractivity contribution in [2.45, 2.75) is 19.9 Å². The minimum Gasteiger partial charge on any atom is -0.494 e. The third-order valence-electron chi connectivity index (χ3n) is 4.23. The lowest BCUT2D eigenvalue weighted by Gasteiger charge is -2.13. The summed E-state index contributed by atoms with van der Waals surface area (Å²) in [7, 11) is 1.27.